The molecular formula is C23H25N3O4S2. The number of hydrogen-bond acceptors (Lipinski definition) is 5. The van der Waals surface area contributed by atoms with Gasteiger partial charge in [0.2, 0.25) is 15.9 Å². The van der Waals surface area contributed by atoms with E-state index in [0.717, 1.165) is 22.4 Å². The number of piperazine rings is 1. The second kappa shape index (κ2) is 9.01. The van der Waals surface area contributed by atoms with Crippen molar-refractivity contribution in [3.63, 3.8) is 0 Å². The van der Waals surface area contributed by atoms with Crippen molar-refractivity contribution in [2.75, 3.05) is 26.2 Å². The lowest BCUT2D eigenvalue weighted by Crippen LogP contribution is -2.50. The second-order valence-electron chi connectivity index (χ2n) is 7.93. The molecule has 2 heterocycles. The zero-order valence-electron chi connectivity index (χ0n) is 18.0. The topological polar surface area (TPSA) is 79.7 Å². The highest BCUT2D eigenvalue weighted by atomic mass is 32.2. The molecule has 1 fully saturated rings. The highest BCUT2D eigenvalue weighted by molar-refractivity contribution is 7.89. The van der Waals surface area contributed by atoms with Crippen LogP contribution in [0.4, 0.5) is 0 Å². The third kappa shape index (κ3) is 4.41. The van der Waals surface area contributed by atoms with Crippen molar-refractivity contribution in [1.82, 2.24) is 13.8 Å². The Kier molecular flexibility index (Phi) is 6.32. The normalized spacial score (nSPS) is 15.8. The maximum absolute atomic E-state index is 13.2. The Balaban J connectivity index is 1.46. The van der Waals surface area contributed by atoms with Gasteiger partial charge in [-0.15, -0.1) is 0 Å². The average Bonchev–Trinajstić information content (AvgIpc) is 3.13. The Bertz CT molecular complexity index is 1320. The molecule has 3 aromatic rings. The maximum Gasteiger partial charge on any atom is 0.308 e. The molecule has 1 aliphatic rings. The van der Waals surface area contributed by atoms with Gasteiger partial charge in [-0.25, -0.2) is 8.42 Å². The van der Waals surface area contributed by atoms with E-state index in [9.17, 15) is 18.0 Å². The minimum absolute atomic E-state index is 0.000243. The minimum atomic E-state index is -3.71. The number of thiazole rings is 1. The van der Waals surface area contributed by atoms with Crippen LogP contribution in [-0.4, -0.2) is 54.3 Å². The van der Waals surface area contributed by atoms with Crippen molar-refractivity contribution >= 4 is 43.6 Å². The van der Waals surface area contributed by atoms with Gasteiger partial charge in [0.1, 0.15) is 0 Å². The van der Waals surface area contributed by atoms with Crippen molar-refractivity contribution in [2.24, 2.45) is 0 Å². The van der Waals surface area contributed by atoms with E-state index >= 15 is 0 Å². The number of aromatic nitrogens is 1. The predicted octanol–water partition coefficient (Wildman–Crippen LogP) is 3.19. The SMILES string of the molecule is CC(C)n1c(=O)sc2cc(S(=O)(=O)N3CCN(C(=O)C=Cc4ccccc4)CC3)ccc21. The molecule has 7 nitrogen and oxygen atoms in total. The zero-order chi connectivity index (χ0) is 22.9. The van der Waals surface area contributed by atoms with Gasteiger partial charge in [-0.3, -0.25) is 14.2 Å². The van der Waals surface area contributed by atoms with Crippen molar-refractivity contribution in [3.8, 4) is 0 Å². The van der Waals surface area contributed by atoms with E-state index in [4.69, 9.17) is 0 Å². The molecule has 0 unspecified atom stereocenters. The van der Waals surface area contributed by atoms with Gasteiger partial charge in [0.25, 0.3) is 0 Å². The van der Waals surface area contributed by atoms with E-state index < -0.39 is 10.0 Å². The van der Waals surface area contributed by atoms with E-state index in [1.165, 1.54) is 10.4 Å². The Morgan fingerprint density at radius 1 is 1.03 bits per heavy atom. The molecule has 0 spiro atoms. The number of hydrogen-bond donors (Lipinski definition) is 0. The number of carbonyl (C=O) groups excluding carboxylic acids is 1. The summed E-state index contributed by atoms with van der Waals surface area (Å²) in [6.45, 7) is 4.97. The van der Waals surface area contributed by atoms with Crippen LogP contribution in [0.5, 0.6) is 0 Å². The number of sulfonamides is 1. The molecule has 1 aliphatic heterocycles. The van der Waals surface area contributed by atoms with Crippen LogP contribution in [-0.2, 0) is 14.8 Å². The fraction of sp³-hybridized carbons (Fsp3) is 0.304. The lowest BCUT2D eigenvalue weighted by Gasteiger charge is -2.33. The highest BCUT2D eigenvalue weighted by Gasteiger charge is 2.30. The van der Waals surface area contributed by atoms with Gasteiger partial charge in [0, 0.05) is 38.3 Å². The van der Waals surface area contributed by atoms with Crippen LogP contribution < -0.4 is 4.87 Å². The fourth-order valence-corrected chi connectivity index (χ4v) is 6.38. The quantitative estimate of drug-likeness (QED) is 0.536. The van der Waals surface area contributed by atoms with Gasteiger partial charge in [-0.2, -0.15) is 4.31 Å². The molecule has 0 saturated carbocycles. The van der Waals surface area contributed by atoms with Gasteiger partial charge in [-0.05, 0) is 43.7 Å². The van der Waals surface area contributed by atoms with Crippen molar-refractivity contribution < 1.29 is 13.2 Å². The number of nitrogens with zero attached hydrogens (tertiary/aromatic N) is 3. The van der Waals surface area contributed by atoms with Crippen molar-refractivity contribution in [3.05, 3.63) is 69.8 Å². The van der Waals surface area contributed by atoms with E-state index in [1.807, 2.05) is 44.2 Å². The predicted molar refractivity (Wildman–Crippen MR) is 127 cm³/mol. The lowest BCUT2D eigenvalue weighted by atomic mass is 10.2. The van der Waals surface area contributed by atoms with Crippen LogP contribution >= 0.6 is 11.3 Å². The molecule has 1 amide bonds. The molecule has 0 aliphatic carbocycles. The molecular weight excluding hydrogens is 446 g/mol. The lowest BCUT2D eigenvalue weighted by molar-refractivity contribution is -0.127. The molecule has 32 heavy (non-hydrogen) atoms. The summed E-state index contributed by atoms with van der Waals surface area (Å²) < 4.78 is 30.1. The Labute approximate surface area is 191 Å². The third-order valence-corrected chi connectivity index (χ3v) is 8.32. The van der Waals surface area contributed by atoms with Crippen LogP contribution in [0.1, 0.15) is 25.5 Å². The first-order valence-electron chi connectivity index (χ1n) is 10.4. The molecule has 1 aromatic heterocycles. The van der Waals surface area contributed by atoms with Crippen LogP contribution in [0.15, 0.2) is 64.3 Å². The zero-order valence-corrected chi connectivity index (χ0v) is 19.6. The highest BCUT2D eigenvalue weighted by Crippen LogP contribution is 2.26. The first kappa shape index (κ1) is 22.4. The summed E-state index contributed by atoms with van der Waals surface area (Å²) in [7, 11) is -3.71. The minimum Gasteiger partial charge on any atom is -0.337 e. The summed E-state index contributed by atoms with van der Waals surface area (Å²) in [5.74, 6) is -0.132. The summed E-state index contributed by atoms with van der Waals surface area (Å²) in [5.41, 5.74) is 1.68. The van der Waals surface area contributed by atoms with Gasteiger partial charge >= 0.3 is 4.87 Å². The van der Waals surface area contributed by atoms with E-state index in [2.05, 4.69) is 0 Å². The van der Waals surface area contributed by atoms with E-state index in [-0.39, 0.29) is 34.8 Å². The average molecular weight is 472 g/mol. The third-order valence-electron chi connectivity index (χ3n) is 5.51. The van der Waals surface area contributed by atoms with Gasteiger partial charge in [0.15, 0.2) is 0 Å². The largest absolute Gasteiger partial charge is 0.337 e. The summed E-state index contributed by atoms with van der Waals surface area (Å²) in [5, 5.41) is 0. The number of benzene rings is 2. The molecule has 0 atom stereocenters. The summed E-state index contributed by atoms with van der Waals surface area (Å²) in [6.07, 6.45) is 3.28. The number of fused-ring (bicyclic) bond motifs is 1. The standard InChI is InChI=1S/C23H25N3O4S2/c1-17(2)26-20-10-9-19(16-21(20)31-23(26)28)32(29,30)25-14-12-24(13-15-25)22(27)11-8-18-6-4-3-5-7-18/h3-11,16-17H,12-15H2,1-2H3. The van der Waals surface area contributed by atoms with Gasteiger partial charge in [-0.1, -0.05) is 41.7 Å². The molecule has 4 rings (SSSR count). The monoisotopic (exact) mass is 471 g/mol. The van der Waals surface area contributed by atoms with E-state index in [0.29, 0.717) is 17.8 Å². The molecule has 9 heteroatoms. The van der Waals surface area contributed by atoms with E-state index in [1.54, 1.807) is 33.7 Å². The summed E-state index contributed by atoms with van der Waals surface area (Å²) in [4.78, 5) is 26.5. The molecule has 1 saturated heterocycles. The van der Waals surface area contributed by atoms with Crippen LogP contribution in [0.3, 0.4) is 0 Å². The molecule has 0 bridgehead atoms. The fourth-order valence-electron chi connectivity index (χ4n) is 3.80. The summed E-state index contributed by atoms with van der Waals surface area (Å²) in [6, 6.07) is 14.4. The molecule has 2 aromatic carbocycles. The Hall–Kier alpha value is -2.75. The Morgan fingerprint density at radius 3 is 2.38 bits per heavy atom. The second-order valence-corrected chi connectivity index (χ2v) is 10.9. The molecule has 0 N–H and O–H groups in total. The summed E-state index contributed by atoms with van der Waals surface area (Å²) >= 11 is 1.06. The first-order chi connectivity index (χ1) is 15.3. The smallest absolute Gasteiger partial charge is 0.308 e. The van der Waals surface area contributed by atoms with Gasteiger partial charge < -0.3 is 4.90 Å². The number of carbonyl (C=O) groups is 1. The van der Waals surface area contributed by atoms with Crippen LogP contribution in [0.2, 0.25) is 0 Å². The Morgan fingerprint density at radius 2 is 1.72 bits per heavy atom. The maximum atomic E-state index is 13.2. The van der Waals surface area contributed by atoms with Crippen molar-refractivity contribution in [1.29, 1.82) is 0 Å². The van der Waals surface area contributed by atoms with Crippen LogP contribution in [0, 0.1) is 0 Å². The molecule has 0 radical (unpaired) electrons. The van der Waals surface area contributed by atoms with Gasteiger partial charge in [0.05, 0.1) is 15.1 Å². The van der Waals surface area contributed by atoms with Crippen molar-refractivity contribution in [2.45, 2.75) is 24.8 Å². The number of rotatable bonds is 5. The first-order valence-corrected chi connectivity index (χ1v) is 12.7. The molecule has 168 valence electrons. The van der Waals surface area contributed by atoms with Crippen LogP contribution in [0.25, 0.3) is 16.3 Å². The number of amides is 1.